The highest BCUT2D eigenvalue weighted by molar-refractivity contribution is 6.28. The average molecular weight is 442 g/mol. The first kappa shape index (κ1) is 19.4. The number of nitrogens with one attached hydrogen (secondary N) is 1. The third-order valence-electron chi connectivity index (χ3n) is 5.10. The molecule has 1 aromatic carbocycles. The van der Waals surface area contributed by atoms with Crippen molar-refractivity contribution in [2.75, 3.05) is 26.6 Å². The van der Waals surface area contributed by atoms with Crippen molar-refractivity contribution >= 4 is 34.3 Å². The van der Waals surface area contributed by atoms with Gasteiger partial charge in [0.2, 0.25) is 11.0 Å². The fraction of sp³-hybridized carbons (Fsp3) is 0.300. The zero-order valence-corrected chi connectivity index (χ0v) is 17.9. The summed E-state index contributed by atoms with van der Waals surface area (Å²) in [6, 6.07) is 4.06. The lowest BCUT2D eigenvalue weighted by molar-refractivity contribution is 0.324. The topological polar surface area (TPSA) is 101 Å². The number of nitrogens with zero attached hydrogens (tertiary/aromatic N) is 6. The molecule has 3 aromatic heterocycles. The smallest absolute Gasteiger partial charge is 0.226 e. The summed E-state index contributed by atoms with van der Waals surface area (Å²) in [6.45, 7) is 0. The molecule has 4 aromatic rings. The molecule has 10 nitrogen and oxygen atoms in total. The monoisotopic (exact) mass is 441 g/mol. The number of hydrogen-bond donors (Lipinski definition) is 1. The maximum Gasteiger partial charge on any atom is 0.226 e. The Hall–Kier alpha value is -3.53. The van der Waals surface area contributed by atoms with E-state index in [-0.39, 0.29) is 5.28 Å². The molecule has 0 radical (unpaired) electrons. The van der Waals surface area contributed by atoms with Gasteiger partial charge in [0.05, 0.1) is 50.8 Å². The number of ether oxygens (including phenoxy) is 3. The van der Waals surface area contributed by atoms with Crippen molar-refractivity contribution < 1.29 is 14.2 Å². The molecule has 0 spiro atoms. The largest absolute Gasteiger partial charge is 0.493 e. The number of methoxy groups -OCH3 is 3. The number of fused-ring (bicyclic) bond motifs is 1. The molecule has 3 heterocycles. The maximum absolute atomic E-state index is 6.17. The van der Waals surface area contributed by atoms with Crippen LogP contribution in [0.25, 0.3) is 16.7 Å². The third-order valence-corrected chi connectivity index (χ3v) is 5.26. The molecule has 1 N–H and O–H groups in total. The summed E-state index contributed by atoms with van der Waals surface area (Å²) >= 11 is 6.17. The van der Waals surface area contributed by atoms with Crippen molar-refractivity contribution in [2.45, 2.75) is 18.9 Å². The van der Waals surface area contributed by atoms with E-state index in [0.29, 0.717) is 40.6 Å². The van der Waals surface area contributed by atoms with Crippen LogP contribution < -0.4 is 19.5 Å². The molecule has 1 aliphatic rings. The minimum atomic E-state index is 0.154. The number of anilines is 2. The molecule has 0 amide bonds. The minimum Gasteiger partial charge on any atom is -0.493 e. The Kier molecular flexibility index (Phi) is 4.78. The van der Waals surface area contributed by atoms with Crippen LogP contribution in [0, 0.1) is 0 Å². The molecular weight excluding hydrogens is 422 g/mol. The van der Waals surface area contributed by atoms with E-state index < -0.39 is 0 Å². The summed E-state index contributed by atoms with van der Waals surface area (Å²) in [7, 11) is 4.72. The lowest BCUT2D eigenvalue weighted by Gasteiger charge is -2.14. The Labute approximate surface area is 182 Å². The van der Waals surface area contributed by atoms with E-state index in [2.05, 4.69) is 25.4 Å². The van der Waals surface area contributed by atoms with Gasteiger partial charge in [-0.3, -0.25) is 0 Å². The van der Waals surface area contributed by atoms with Crippen LogP contribution in [0.1, 0.15) is 18.9 Å². The van der Waals surface area contributed by atoms with Gasteiger partial charge >= 0.3 is 0 Å². The van der Waals surface area contributed by atoms with E-state index in [1.807, 2.05) is 27.6 Å². The predicted molar refractivity (Wildman–Crippen MR) is 115 cm³/mol. The second-order valence-corrected chi connectivity index (χ2v) is 7.41. The molecular formula is C20H20ClN7O3. The van der Waals surface area contributed by atoms with Gasteiger partial charge in [0.1, 0.15) is 18.0 Å². The Bertz CT molecular complexity index is 1240. The molecule has 0 unspecified atom stereocenters. The quantitative estimate of drug-likeness (QED) is 0.432. The molecule has 160 valence electrons. The first-order valence-electron chi connectivity index (χ1n) is 9.63. The number of rotatable bonds is 7. The number of imidazole rings is 1. The van der Waals surface area contributed by atoms with Gasteiger partial charge in [-0.1, -0.05) is 0 Å². The summed E-state index contributed by atoms with van der Waals surface area (Å²) in [5.74, 6) is 2.77. The van der Waals surface area contributed by atoms with Crippen molar-refractivity contribution in [3.8, 4) is 22.9 Å². The van der Waals surface area contributed by atoms with Crippen LogP contribution in [-0.4, -0.2) is 50.6 Å². The standard InChI is InChI=1S/C20H20ClN7O3/c1-29-14-6-12(7-15(30-2)17(14)31-3)27-9-16(22-10-27)24-18-13-8-23-28(11-4-5-11)19(13)26-20(21)25-18/h6-11H,4-5H2,1-3H3,(H,24,25,26). The zero-order chi connectivity index (χ0) is 21.5. The summed E-state index contributed by atoms with van der Waals surface area (Å²) in [5.41, 5.74) is 1.51. The molecule has 0 atom stereocenters. The van der Waals surface area contributed by atoms with E-state index in [1.165, 1.54) is 0 Å². The molecule has 1 saturated carbocycles. The third kappa shape index (κ3) is 3.48. The van der Waals surface area contributed by atoms with Crippen LogP contribution in [0.3, 0.4) is 0 Å². The van der Waals surface area contributed by atoms with Crippen LogP contribution in [0.4, 0.5) is 11.6 Å². The molecule has 0 saturated heterocycles. The number of halogens is 1. The normalized spacial score (nSPS) is 13.4. The lowest BCUT2D eigenvalue weighted by atomic mass is 10.2. The van der Waals surface area contributed by atoms with Crippen molar-refractivity contribution in [1.82, 2.24) is 29.3 Å². The van der Waals surface area contributed by atoms with E-state index in [1.54, 1.807) is 33.9 Å². The van der Waals surface area contributed by atoms with Gasteiger partial charge < -0.3 is 24.1 Å². The molecule has 1 aliphatic carbocycles. The van der Waals surface area contributed by atoms with Crippen LogP contribution >= 0.6 is 11.6 Å². The molecule has 11 heteroatoms. The first-order valence-corrected chi connectivity index (χ1v) is 10.0. The van der Waals surface area contributed by atoms with Crippen LogP contribution in [-0.2, 0) is 0 Å². The van der Waals surface area contributed by atoms with E-state index >= 15 is 0 Å². The second-order valence-electron chi connectivity index (χ2n) is 7.07. The van der Waals surface area contributed by atoms with Gasteiger partial charge in [0, 0.05) is 12.1 Å². The number of aromatic nitrogens is 6. The average Bonchev–Trinajstić information content (AvgIpc) is 3.36. The van der Waals surface area contributed by atoms with E-state index in [0.717, 1.165) is 23.9 Å². The second kappa shape index (κ2) is 7.62. The summed E-state index contributed by atoms with van der Waals surface area (Å²) < 4.78 is 20.0. The van der Waals surface area contributed by atoms with Crippen LogP contribution in [0.5, 0.6) is 17.2 Å². The molecule has 31 heavy (non-hydrogen) atoms. The van der Waals surface area contributed by atoms with Crippen LogP contribution in [0.15, 0.2) is 30.9 Å². The summed E-state index contributed by atoms with van der Waals surface area (Å²) in [5, 5.41) is 8.63. The van der Waals surface area contributed by atoms with Crippen LogP contribution in [0.2, 0.25) is 5.28 Å². The van der Waals surface area contributed by atoms with Crippen molar-refractivity contribution in [1.29, 1.82) is 0 Å². The van der Waals surface area contributed by atoms with E-state index in [9.17, 15) is 0 Å². The number of hydrogen-bond acceptors (Lipinski definition) is 8. The van der Waals surface area contributed by atoms with E-state index in [4.69, 9.17) is 25.8 Å². The Balaban J connectivity index is 1.48. The summed E-state index contributed by atoms with van der Waals surface area (Å²) in [6.07, 6.45) is 7.45. The first-order chi connectivity index (χ1) is 15.1. The van der Waals surface area contributed by atoms with Gasteiger partial charge in [-0.25, -0.2) is 9.67 Å². The van der Waals surface area contributed by atoms with Gasteiger partial charge in [0.25, 0.3) is 0 Å². The van der Waals surface area contributed by atoms with Gasteiger partial charge in [-0.05, 0) is 24.4 Å². The highest BCUT2D eigenvalue weighted by Crippen LogP contribution is 2.40. The maximum atomic E-state index is 6.17. The summed E-state index contributed by atoms with van der Waals surface area (Å²) in [4.78, 5) is 13.1. The van der Waals surface area contributed by atoms with Crippen molar-refractivity contribution in [3.05, 3.63) is 36.1 Å². The fourth-order valence-electron chi connectivity index (χ4n) is 3.45. The molecule has 1 fully saturated rings. The number of benzene rings is 1. The Morgan fingerprint density at radius 1 is 1.06 bits per heavy atom. The molecule has 0 aliphatic heterocycles. The molecule has 5 rings (SSSR count). The lowest BCUT2D eigenvalue weighted by Crippen LogP contribution is -2.01. The Morgan fingerprint density at radius 2 is 1.81 bits per heavy atom. The molecule has 0 bridgehead atoms. The Morgan fingerprint density at radius 3 is 2.45 bits per heavy atom. The minimum absolute atomic E-state index is 0.154. The van der Waals surface area contributed by atoms with Gasteiger partial charge in [0.15, 0.2) is 17.1 Å². The SMILES string of the molecule is COc1cc(-n2cnc(Nc3nc(Cl)nc4c3cnn4C3CC3)c2)cc(OC)c1OC. The van der Waals surface area contributed by atoms with Crippen molar-refractivity contribution in [2.24, 2.45) is 0 Å². The van der Waals surface area contributed by atoms with Gasteiger partial charge in [-0.2, -0.15) is 15.1 Å². The highest BCUT2D eigenvalue weighted by Gasteiger charge is 2.27. The zero-order valence-electron chi connectivity index (χ0n) is 17.2. The fourth-order valence-corrected chi connectivity index (χ4v) is 3.61. The van der Waals surface area contributed by atoms with Gasteiger partial charge in [-0.15, -0.1) is 0 Å². The predicted octanol–water partition coefficient (Wildman–Crippen LogP) is 3.77. The highest BCUT2D eigenvalue weighted by atomic mass is 35.5. The van der Waals surface area contributed by atoms with Crippen molar-refractivity contribution in [3.63, 3.8) is 0 Å².